The molecule has 1 N–H and O–H groups in total. The quantitative estimate of drug-likeness (QED) is 0.876. The molecule has 1 aromatic heterocycles. The zero-order valence-corrected chi connectivity index (χ0v) is 14.2. The van der Waals surface area contributed by atoms with Crippen LogP contribution in [0.5, 0.6) is 0 Å². The van der Waals surface area contributed by atoms with E-state index in [0.717, 1.165) is 11.1 Å². The van der Waals surface area contributed by atoms with E-state index in [-0.39, 0.29) is 6.54 Å². The first-order valence-electron chi connectivity index (χ1n) is 6.37. The Morgan fingerprint density at radius 2 is 2.05 bits per heavy atom. The predicted molar refractivity (Wildman–Crippen MR) is 87.2 cm³/mol. The average molecular weight is 345 g/mol. The molecule has 0 amide bonds. The molecular formula is C14H17ClN2O2S2. The van der Waals surface area contributed by atoms with Gasteiger partial charge in [0.25, 0.3) is 10.0 Å². The monoisotopic (exact) mass is 344 g/mol. The van der Waals surface area contributed by atoms with Crippen LogP contribution in [-0.2, 0) is 23.1 Å². The number of nitrogens with zero attached hydrogens (tertiary/aromatic N) is 1. The first kappa shape index (κ1) is 16.5. The van der Waals surface area contributed by atoms with Crippen molar-refractivity contribution < 1.29 is 8.42 Å². The molecule has 0 saturated heterocycles. The number of halogens is 1. The number of nitrogens with one attached hydrogen (secondary N) is 1. The van der Waals surface area contributed by atoms with Crippen molar-refractivity contribution in [2.75, 3.05) is 14.1 Å². The summed E-state index contributed by atoms with van der Waals surface area (Å²) >= 11 is 7.32. The summed E-state index contributed by atoms with van der Waals surface area (Å²) < 4.78 is 26.7. The molecule has 0 saturated carbocycles. The topological polar surface area (TPSA) is 49.4 Å². The van der Waals surface area contributed by atoms with Crippen molar-refractivity contribution in [3.8, 4) is 0 Å². The fourth-order valence-electron chi connectivity index (χ4n) is 1.89. The molecule has 0 radical (unpaired) electrons. The highest BCUT2D eigenvalue weighted by atomic mass is 35.5. The molecular weight excluding hydrogens is 328 g/mol. The van der Waals surface area contributed by atoms with Crippen LogP contribution in [0.25, 0.3) is 0 Å². The molecule has 0 fully saturated rings. The van der Waals surface area contributed by atoms with Crippen molar-refractivity contribution in [1.29, 1.82) is 0 Å². The van der Waals surface area contributed by atoms with Gasteiger partial charge in [-0.25, -0.2) is 8.42 Å². The van der Waals surface area contributed by atoms with Crippen molar-refractivity contribution in [1.82, 2.24) is 9.62 Å². The summed E-state index contributed by atoms with van der Waals surface area (Å²) in [4.78, 5) is 0. The second-order valence-electron chi connectivity index (χ2n) is 4.66. The highest BCUT2D eigenvalue weighted by Gasteiger charge is 2.23. The Kier molecular flexibility index (Phi) is 5.40. The third-order valence-corrected chi connectivity index (χ3v) is 6.66. The zero-order chi connectivity index (χ0) is 15.5. The van der Waals surface area contributed by atoms with E-state index in [1.807, 2.05) is 30.6 Å². The van der Waals surface area contributed by atoms with Crippen LogP contribution in [-0.4, -0.2) is 26.8 Å². The number of hydrogen-bond acceptors (Lipinski definition) is 4. The average Bonchev–Trinajstić information content (AvgIpc) is 2.91. The van der Waals surface area contributed by atoms with Crippen LogP contribution >= 0.6 is 22.9 Å². The number of rotatable bonds is 6. The van der Waals surface area contributed by atoms with E-state index < -0.39 is 10.0 Å². The Balaban J connectivity index is 2.20. The van der Waals surface area contributed by atoms with Gasteiger partial charge in [-0.05, 0) is 35.7 Å². The molecule has 21 heavy (non-hydrogen) atoms. The minimum absolute atomic E-state index is 0.251. The van der Waals surface area contributed by atoms with Crippen LogP contribution in [0.15, 0.2) is 39.9 Å². The lowest BCUT2D eigenvalue weighted by molar-refractivity contribution is 0.468. The molecule has 2 aromatic rings. The van der Waals surface area contributed by atoms with E-state index >= 15 is 0 Å². The van der Waals surface area contributed by atoms with Gasteiger partial charge in [-0.2, -0.15) is 4.31 Å². The van der Waals surface area contributed by atoms with Crippen LogP contribution in [0.1, 0.15) is 11.1 Å². The lowest BCUT2D eigenvalue weighted by Gasteiger charge is -2.16. The molecule has 4 nitrogen and oxygen atoms in total. The Morgan fingerprint density at radius 3 is 2.71 bits per heavy atom. The molecule has 0 aliphatic carbocycles. The number of thiophene rings is 1. The second kappa shape index (κ2) is 6.89. The van der Waals surface area contributed by atoms with Gasteiger partial charge >= 0.3 is 0 Å². The van der Waals surface area contributed by atoms with E-state index in [0.29, 0.717) is 15.8 Å². The first-order valence-corrected chi connectivity index (χ1v) is 9.06. The Hall–Kier alpha value is -0.920. The Labute approximate surface area is 134 Å². The van der Waals surface area contributed by atoms with Gasteiger partial charge in [0.15, 0.2) is 0 Å². The van der Waals surface area contributed by atoms with Crippen molar-refractivity contribution in [3.05, 3.63) is 51.9 Å². The van der Waals surface area contributed by atoms with Crippen LogP contribution in [0.3, 0.4) is 0 Å². The third kappa shape index (κ3) is 3.84. The summed E-state index contributed by atoms with van der Waals surface area (Å²) in [5, 5.41) is 5.43. The van der Waals surface area contributed by atoms with Gasteiger partial charge in [0, 0.05) is 25.2 Å². The molecule has 0 atom stereocenters. The number of sulfonamides is 1. The lowest BCUT2D eigenvalue weighted by Crippen LogP contribution is -2.26. The van der Waals surface area contributed by atoms with E-state index in [1.165, 1.54) is 15.6 Å². The summed E-state index contributed by atoms with van der Waals surface area (Å²) in [6.07, 6.45) is 0. The maximum atomic E-state index is 12.5. The number of hydrogen-bond donors (Lipinski definition) is 1. The fourth-order valence-corrected chi connectivity index (χ4v) is 4.65. The lowest BCUT2D eigenvalue weighted by atomic mass is 10.2. The number of benzene rings is 1. The van der Waals surface area contributed by atoms with Crippen molar-refractivity contribution in [2.45, 2.75) is 17.3 Å². The van der Waals surface area contributed by atoms with Gasteiger partial charge in [-0.3, -0.25) is 0 Å². The van der Waals surface area contributed by atoms with Crippen molar-refractivity contribution >= 4 is 33.0 Å². The summed E-state index contributed by atoms with van der Waals surface area (Å²) in [6, 6.07) is 8.96. The molecule has 0 aliphatic rings. The summed E-state index contributed by atoms with van der Waals surface area (Å²) in [7, 11) is -0.0916. The second-order valence-corrected chi connectivity index (χ2v) is 8.25. The van der Waals surface area contributed by atoms with E-state index in [1.54, 1.807) is 19.2 Å². The van der Waals surface area contributed by atoms with Crippen LogP contribution in [0.2, 0.25) is 5.02 Å². The minimum atomic E-state index is -3.49. The zero-order valence-electron chi connectivity index (χ0n) is 11.8. The Morgan fingerprint density at radius 1 is 1.33 bits per heavy atom. The van der Waals surface area contributed by atoms with Gasteiger partial charge in [0.2, 0.25) is 0 Å². The highest BCUT2D eigenvalue weighted by Crippen LogP contribution is 2.25. The van der Waals surface area contributed by atoms with Gasteiger partial charge < -0.3 is 5.32 Å². The van der Waals surface area contributed by atoms with Crippen LogP contribution in [0.4, 0.5) is 0 Å². The maximum absolute atomic E-state index is 12.5. The molecule has 2 rings (SSSR count). The normalized spacial score (nSPS) is 12.0. The molecule has 0 spiro atoms. The highest BCUT2D eigenvalue weighted by molar-refractivity contribution is 7.91. The fraction of sp³-hybridized carbons (Fsp3) is 0.286. The third-order valence-electron chi connectivity index (χ3n) is 3.03. The standard InChI is InChI=1S/C14H17ClN2O2S2/c1-16-8-11-7-14(20-10-11)21(18,19)17(2)9-12-5-3-4-6-13(12)15/h3-7,10,16H,8-9H2,1-2H3. The SMILES string of the molecule is CNCc1csc(S(=O)(=O)N(C)Cc2ccccc2Cl)c1. The van der Waals surface area contributed by atoms with Crippen molar-refractivity contribution in [2.24, 2.45) is 0 Å². The molecule has 0 aliphatic heterocycles. The largest absolute Gasteiger partial charge is 0.316 e. The van der Waals surface area contributed by atoms with E-state index in [4.69, 9.17) is 11.6 Å². The molecule has 1 aromatic carbocycles. The van der Waals surface area contributed by atoms with E-state index in [2.05, 4.69) is 5.32 Å². The Bertz CT molecular complexity index is 713. The minimum Gasteiger partial charge on any atom is -0.316 e. The smallest absolute Gasteiger partial charge is 0.252 e. The predicted octanol–water partition coefficient (Wildman–Crippen LogP) is 2.94. The molecule has 7 heteroatoms. The van der Waals surface area contributed by atoms with Gasteiger partial charge in [-0.1, -0.05) is 29.8 Å². The van der Waals surface area contributed by atoms with Gasteiger partial charge in [0.05, 0.1) is 0 Å². The van der Waals surface area contributed by atoms with Crippen LogP contribution < -0.4 is 5.32 Å². The van der Waals surface area contributed by atoms with Crippen LogP contribution in [0, 0.1) is 0 Å². The van der Waals surface area contributed by atoms with Gasteiger partial charge in [-0.15, -0.1) is 11.3 Å². The van der Waals surface area contributed by atoms with Gasteiger partial charge in [0.1, 0.15) is 4.21 Å². The summed E-state index contributed by atoms with van der Waals surface area (Å²) in [6.45, 7) is 0.904. The molecule has 0 bridgehead atoms. The summed E-state index contributed by atoms with van der Waals surface area (Å²) in [5.41, 5.74) is 1.75. The molecule has 0 unspecified atom stereocenters. The maximum Gasteiger partial charge on any atom is 0.252 e. The molecule has 1 heterocycles. The first-order chi connectivity index (χ1) is 9.95. The van der Waals surface area contributed by atoms with E-state index in [9.17, 15) is 8.42 Å². The molecule has 114 valence electrons. The summed E-state index contributed by atoms with van der Waals surface area (Å²) in [5.74, 6) is 0. The van der Waals surface area contributed by atoms with Crippen molar-refractivity contribution in [3.63, 3.8) is 0 Å².